The summed E-state index contributed by atoms with van der Waals surface area (Å²) in [5.74, 6) is 1.39. The van der Waals surface area contributed by atoms with Crippen molar-refractivity contribution in [2.45, 2.75) is 0 Å². The number of halogens is 1. The minimum absolute atomic E-state index is 0.607. The Morgan fingerprint density at radius 3 is 2.65 bits per heavy atom. The Kier molecular flexibility index (Phi) is 2.87. The molecule has 2 aromatic heterocycles. The molecule has 0 spiro atoms. The molecule has 1 aromatic carbocycles. The SMILES string of the molecule is COc1ccc(Cl)c2c(-c3cc(N)n(C)n3)cn(C)c12. The second-order valence-corrected chi connectivity index (χ2v) is 5.11. The van der Waals surface area contributed by atoms with E-state index >= 15 is 0 Å². The molecule has 0 amide bonds. The number of nitrogens with zero attached hydrogens (tertiary/aromatic N) is 3. The van der Waals surface area contributed by atoms with E-state index in [1.807, 2.05) is 43.1 Å². The number of fused-ring (bicyclic) bond motifs is 1. The number of anilines is 1. The summed E-state index contributed by atoms with van der Waals surface area (Å²) in [5, 5.41) is 6.01. The molecule has 0 fully saturated rings. The van der Waals surface area contributed by atoms with Crippen molar-refractivity contribution >= 4 is 28.3 Å². The predicted molar refractivity (Wildman–Crippen MR) is 81.1 cm³/mol. The average Bonchev–Trinajstić information content (AvgIpc) is 2.93. The molecule has 0 aliphatic heterocycles. The van der Waals surface area contributed by atoms with Crippen LogP contribution in [-0.2, 0) is 14.1 Å². The van der Waals surface area contributed by atoms with Crippen molar-refractivity contribution in [2.75, 3.05) is 12.8 Å². The van der Waals surface area contributed by atoms with Crippen molar-refractivity contribution in [3.8, 4) is 17.0 Å². The summed E-state index contributed by atoms with van der Waals surface area (Å²) in [5.41, 5.74) is 8.54. The quantitative estimate of drug-likeness (QED) is 0.789. The number of ether oxygens (including phenoxy) is 1. The van der Waals surface area contributed by atoms with Gasteiger partial charge in [0.15, 0.2) is 0 Å². The molecule has 104 valence electrons. The Balaban J connectivity index is 2.37. The van der Waals surface area contributed by atoms with E-state index in [2.05, 4.69) is 5.10 Å². The molecule has 5 nitrogen and oxygen atoms in total. The van der Waals surface area contributed by atoms with Gasteiger partial charge in [-0.3, -0.25) is 4.68 Å². The maximum atomic E-state index is 6.37. The molecule has 0 saturated carbocycles. The van der Waals surface area contributed by atoms with Gasteiger partial charge in [0.2, 0.25) is 0 Å². The van der Waals surface area contributed by atoms with E-state index in [-0.39, 0.29) is 0 Å². The topological polar surface area (TPSA) is 58.0 Å². The second-order valence-electron chi connectivity index (χ2n) is 4.70. The summed E-state index contributed by atoms with van der Waals surface area (Å²) in [6.07, 6.45) is 1.99. The Morgan fingerprint density at radius 1 is 1.30 bits per heavy atom. The van der Waals surface area contributed by atoms with Crippen molar-refractivity contribution in [2.24, 2.45) is 14.1 Å². The van der Waals surface area contributed by atoms with Gasteiger partial charge in [-0.1, -0.05) is 11.6 Å². The first-order chi connectivity index (χ1) is 9.52. The van der Waals surface area contributed by atoms with Crippen LogP contribution in [0.4, 0.5) is 5.82 Å². The number of methoxy groups -OCH3 is 1. The Hall–Kier alpha value is -2.14. The largest absolute Gasteiger partial charge is 0.495 e. The van der Waals surface area contributed by atoms with Gasteiger partial charge >= 0.3 is 0 Å². The minimum Gasteiger partial charge on any atom is -0.495 e. The number of rotatable bonds is 2. The van der Waals surface area contributed by atoms with Crippen LogP contribution in [0.15, 0.2) is 24.4 Å². The fourth-order valence-corrected chi connectivity index (χ4v) is 2.70. The van der Waals surface area contributed by atoms with E-state index in [1.54, 1.807) is 11.8 Å². The molecule has 0 atom stereocenters. The molecule has 0 aliphatic rings. The van der Waals surface area contributed by atoms with Crippen LogP contribution in [0.2, 0.25) is 5.02 Å². The molecular weight excluding hydrogens is 276 g/mol. The summed E-state index contributed by atoms with van der Waals surface area (Å²) in [7, 11) is 5.41. The van der Waals surface area contributed by atoms with Crippen LogP contribution in [0.5, 0.6) is 5.75 Å². The average molecular weight is 291 g/mol. The number of nitrogens with two attached hydrogens (primary N) is 1. The highest BCUT2D eigenvalue weighted by molar-refractivity contribution is 6.37. The van der Waals surface area contributed by atoms with Crippen molar-refractivity contribution in [1.29, 1.82) is 0 Å². The molecule has 2 N–H and O–H groups in total. The first-order valence-electron chi connectivity index (χ1n) is 6.14. The monoisotopic (exact) mass is 290 g/mol. The van der Waals surface area contributed by atoms with E-state index in [9.17, 15) is 0 Å². The van der Waals surface area contributed by atoms with Crippen molar-refractivity contribution in [1.82, 2.24) is 14.3 Å². The molecule has 0 radical (unpaired) electrons. The Bertz CT molecular complexity index is 784. The van der Waals surface area contributed by atoms with Crippen LogP contribution >= 0.6 is 11.6 Å². The number of hydrogen-bond acceptors (Lipinski definition) is 3. The molecular formula is C14H15ClN4O. The van der Waals surface area contributed by atoms with E-state index in [1.165, 1.54) is 0 Å². The van der Waals surface area contributed by atoms with Gasteiger partial charge in [-0.15, -0.1) is 0 Å². The third-order valence-corrected chi connectivity index (χ3v) is 3.76. The van der Waals surface area contributed by atoms with Crippen LogP contribution in [0.1, 0.15) is 0 Å². The molecule has 20 heavy (non-hydrogen) atoms. The molecule has 6 heteroatoms. The molecule has 0 bridgehead atoms. The minimum atomic E-state index is 0.607. The number of aromatic nitrogens is 3. The Morgan fingerprint density at radius 2 is 2.05 bits per heavy atom. The lowest BCUT2D eigenvalue weighted by Crippen LogP contribution is -1.96. The fraction of sp³-hybridized carbons (Fsp3) is 0.214. The van der Waals surface area contributed by atoms with Crippen molar-refractivity contribution in [3.05, 3.63) is 29.4 Å². The van der Waals surface area contributed by atoms with E-state index in [0.717, 1.165) is 27.9 Å². The van der Waals surface area contributed by atoms with Gasteiger partial charge < -0.3 is 15.0 Å². The number of nitrogen functional groups attached to an aromatic ring is 1. The summed E-state index contributed by atoms with van der Waals surface area (Å²) in [6, 6.07) is 5.53. The second kappa shape index (κ2) is 4.45. The van der Waals surface area contributed by atoms with Gasteiger partial charge in [-0.2, -0.15) is 5.10 Å². The van der Waals surface area contributed by atoms with Gasteiger partial charge in [0.25, 0.3) is 0 Å². The zero-order valence-corrected chi connectivity index (χ0v) is 12.3. The van der Waals surface area contributed by atoms with E-state index in [0.29, 0.717) is 10.8 Å². The third kappa shape index (κ3) is 1.74. The van der Waals surface area contributed by atoms with Crippen LogP contribution < -0.4 is 10.5 Å². The number of benzene rings is 1. The standard InChI is InChI=1S/C14H15ClN4O/c1-18-7-8(10-6-12(16)19(2)17-10)13-9(15)4-5-11(20-3)14(13)18/h4-7H,16H2,1-3H3. The molecule has 0 aliphatic carbocycles. The van der Waals surface area contributed by atoms with Gasteiger partial charge in [-0.25, -0.2) is 0 Å². The highest BCUT2D eigenvalue weighted by Crippen LogP contribution is 2.39. The lowest BCUT2D eigenvalue weighted by atomic mass is 10.1. The first kappa shape index (κ1) is 12.9. The summed E-state index contributed by atoms with van der Waals surface area (Å²) < 4.78 is 9.04. The maximum absolute atomic E-state index is 6.37. The van der Waals surface area contributed by atoms with E-state index in [4.69, 9.17) is 22.1 Å². The summed E-state index contributed by atoms with van der Waals surface area (Å²) in [6.45, 7) is 0. The Labute approximate surface area is 121 Å². The first-order valence-corrected chi connectivity index (χ1v) is 6.52. The number of aryl methyl sites for hydroxylation is 2. The van der Waals surface area contributed by atoms with Gasteiger partial charge in [0.1, 0.15) is 11.6 Å². The van der Waals surface area contributed by atoms with Crippen molar-refractivity contribution in [3.63, 3.8) is 0 Å². The normalized spacial score (nSPS) is 11.2. The predicted octanol–water partition coefficient (Wildman–Crippen LogP) is 2.82. The molecule has 3 rings (SSSR count). The fourth-order valence-electron chi connectivity index (χ4n) is 2.45. The van der Waals surface area contributed by atoms with Gasteiger partial charge in [-0.05, 0) is 12.1 Å². The van der Waals surface area contributed by atoms with Gasteiger partial charge in [0.05, 0.1) is 23.3 Å². The zero-order chi connectivity index (χ0) is 14.4. The molecule has 0 unspecified atom stereocenters. The maximum Gasteiger partial charge on any atom is 0.143 e. The van der Waals surface area contributed by atoms with Crippen LogP contribution in [0, 0.1) is 0 Å². The van der Waals surface area contributed by atoms with Crippen molar-refractivity contribution < 1.29 is 4.74 Å². The van der Waals surface area contributed by atoms with Gasteiger partial charge in [0, 0.05) is 37.3 Å². The highest BCUT2D eigenvalue weighted by Gasteiger charge is 2.17. The lowest BCUT2D eigenvalue weighted by Gasteiger charge is -2.05. The summed E-state index contributed by atoms with van der Waals surface area (Å²) in [4.78, 5) is 0. The molecule has 2 heterocycles. The van der Waals surface area contributed by atoms with Crippen LogP contribution in [-0.4, -0.2) is 21.5 Å². The van der Waals surface area contributed by atoms with Crippen LogP contribution in [0.3, 0.4) is 0 Å². The lowest BCUT2D eigenvalue weighted by molar-refractivity contribution is 0.418. The third-order valence-electron chi connectivity index (χ3n) is 3.45. The van der Waals surface area contributed by atoms with Crippen LogP contribution in [0.25, 0.3) is 22.2 Å². The van der Waals surface area contributed by atoms with E-state index < -0.39 is 0 Å². The summed E-state index contributed by atoms with van der Waals surface area (Å²) >= 11 is 6.37. The number of hydrogen-bond donors (Lipinski definition) is 1. The molecule has 3 aromatic rings. The molecule has 0 saturated heterocycles. The highest BCUT2D eigenvalue weighted by atomic mass is 35.5. The zero-order valence-electron chi connectivity index (χ0n) is 11.5. The smallest absolute Gasteiger partial charge is 0.143 e.